The van der Waals surface area contributed by atoms with Gasteiger partial charge in [-0.15, -0.1) is 0 Å². The monoisotopic (exact) mass is 342 g/mol. The predicted octanol–water partition coefficient (Wildman–Crippen LogP) is 3.77. The molecule has 0 spiro atoms. The van der Waals surface area contributed by atoms with Crippen LogP contribution in [-0.4, -0.2) is 43.2 Å². The fraction of sp³-hybridized carbons (Fsp3) is 0.727. The van der Waals surface area contributed by atoms with Crippen molar-refractivity contribution in [3.8, 4) is 5.75 Å². The number of phenolic OH excluding ortho intramolecular Hbond substituents is 1. The number of nitrogens with one attached hydrogen (secondary N) is 1. The van der Waals surface area contributed by atoms with E-state index in [1.807, 2.05) is 12.1 Å². The first-order valence-corrected chi connectivity index (χ1v) is 10.2. The number of nitrogens with zero attached hydrogens (tertiary/aromatic N) is 1. The molecular formula is C22H34N2O. The molecule has 3 aliphatic carbocycles. The van der Waals surface area contributed by atoms with Gasteiger partial charge >= 0.3 is 0 Å². The van der Waals surface area contributed by atoms with Crippen molar-refractivity contribution < 1.29 is 5.11 Å². The van der Waals surface area contributed by atoms with Crippen LogP contribution in [0.5, 0.6) is 5.75 Å². The van der Waals surface area contributed by atoms with Crippen molar-refractivity contribution in [1.82, 2.24) is 10.2 Å². The Bertz CT molecular complexity index is 628. The number of aromatic hydroxyl groups is 1. The van der Waals surface area contributed by atoms with Crippen LogP contribution in [0.4, 0.5) is 0 Å². The molecule has 2 fully saturated rings. The molecule has 4 rings (SSSR count). The SMILES string of the molecule is CN(C)CCNC1CCC2C3CCc4cc(O)ccc4C3CCC12C. The zero-order chi connectivity index (χ0) is 17.6. The maximum atomic E-state index is 9.82. The summed E-state index contributed by atoms with van der Waals surface area (Å²) in [6.07, 6.45) is 7.87. The maximum absolute atomic E-state index is 9.82. The molecule has 3 nitrogen and oxygen atoms in total. The third-order valence-corrected chi connectivity index (χ3v) is 7.66. The molecule has 138 valence electrons. The van der Waals surface area contributed by atoms with E-state index in [0.29, 0.717) is 17.2 Å². The highest BCUT2D eigenvalue weighted by Crippen LogP contribution is 2.60. The van der Waals surface area contributed by atoms with Gasteiger partial charge in [-0.2, -0.15) is 0 Å². The first kappa shape index (κ1) is 17.4. The van der Waals surface area contributed by atoms with E-state index < -0.39 is 0 Å². The van der Waals surface area contributed by atoms with Crippen LogP contribution in [0, 0.1) is 17.3 Å². The van der Waals surface area contributed by atoms with E-state index in [0.717, 1.165) is 37.3 Å². The second-order valence-electron chi connectivity index (χ2n) is 9.23. The number of rotatable bonds is 4. The Kier molecular flexibility index (Phi) is 4.57. The van der Waals surface area contributed by atoms with E-state index in [4.69, 9.17) is 0 Å². The van der Waals surface area contributed by atoms with Gasteiger partial charge in [0.2, 0.25) is 0 Å². The highest BCUT2D eigenvalue weighted by molar-refractivity contribution is 5.40. The lowest BCUT2D eigenvalue weighted by Gasteiger charge is -2.51. The van der Waals surface area contributed by atoms with Gasteiger partial charge < -0.3 is 15.3 Å². The number of hydrogen-bond acceptors (Lipinski definition) is 3. The van der Waals surface area contributed by atoms with E-state index in [1.54, 1.807) is 5.56 Å². The van der Waals surface area contributed by atoms with Crippen molar-refractivity contribution in [2.24, 2.45) is 17.3 Å². The highest BCUT2D eigenvalue weighted by Gasteiger charge is 2.54. The molecular weight excluding hydrogens is 308 g/mol. The number of aryl methyl sites for hydroxylation is 1. The van der Waals surface area contributed by atoms with Gasteiger partial charge in [-0.05, 0) is 99.0 Å². The Hall–Kier alpha value is -1.06. The molecule has 5 unspecified atom stereocenters. The molecule has 0 radical (unpaired) electrons. The first-order valence-electron chi connectivity index (χ1n) is 10.2. The molecule has 0 aliphatic heterocycles. The lowest BCUT2D eigenvalue weighted by atomic mass is 9.55. The van der Waals surface area contributed by atoms with Crippen molar-refractivity contribution in [3.05, 3.63) is 29.3 Å². The summed E-state index contributed by atoms with van der Waals surface area (Å²) < 4.78 is 0. The highest BCUT2D eigenvalue weighted by atomic mass is 16.3. The minimum Gasteiger partial charge on any atom is -0.508 e. The Balaban J connectivity index is 1.51. The maximum Gasteiger partial charge on any atom is 0.115 e. The summed E-state index contributed by atoms with van der Waals surface area (Å²) in [4.78, 5) is 2.27. The van der Waals surface area contributed by atoms with Crippen LogP contribution in [-0.2, 0) is 6.42 Å². The van der Waals surface area contributed by atoms with Crippen LogP contribution >= 0.6 is 0 Å². The summed E-state index contributed by atoms with van der Waals surface area (Å²) in [7, 11) is 4.31. The fourth-order valence-corrected chi connectivity index (χ4v) is 6.37. The zero-order valence-electron chi connectivity index (χ0n) is 16.1. The van der Waals surface area contributed by atoms with Crippen LogP contribution < -0.4 is 5.32 Å². The van der Waals surface area contributed by atoms with Gasteiger partial charge in [-0.25, -0.2) is 0 Å². The molecule has 1 aromatic carbocycles. The Morgan fingerprint density at radius 1 is 1.20 bits per heavy atom. The van der Waals surface area contributed by atoms with Crippen LogP contribution in [0.1, 0.15) is 56.1 Å². The lowest BCUT2D eigenvalue weighted by molar-refractivity contribution is 0.0409. The summed E-state index contributed by atoms with van der Waals surface area (Å²) in [6.45, 7) is 4.80. The second-order valence-corrected chi connectivity index (χ2v) is 9.23. The lowest BCUT2D eigenvalue weighted by Crippen LogP contribution is -2.49. The minimum absolute atomic E-state index is 0.434. The standard InChI is InChI=1S/C22H34N2O/c1-22-11-10-18-17-7-5-16(25)14-15(17)4-6-19(18)20(22)8-9-21(22)23-12-13-24(2)3/h5,7,14,18-21,23,25H,4,6,8-13H2,1-3H3. The molecule has 25 heavy (non-hydrogen) atoms. The molecule has 0 aromatic heterocycles. The number of benzene rings is 1. The van der Waals surface area contributed by atoms with Crippen LogP contribution in [0.3, 0.4) is 0 Å². The largest absolute Gasteiger partial charge is 0.508 e. The topological polar surface area (TPSA) is 35.5 Å². The average Bonchev–Trinajstić information content (AvgIpc) is 2.91. The minimum atomic E-state index is 0.434. The van der Waals surface area contributed by atoms with Crippen molar-refractivity contribution >= 4 is 0 Å². The molecule has 3 aliphatic rings. The molecule has 2 N–H and O–H groups in total. The average molecular weight is 343 g/mol. The van der Waals surface area contributed by atoms with Crippen LogP contribution in [0.2, 0.25) is 0 Å². The molecule has 2 saturated carbocycles. The van der Waals surface area contributed by atoms with Gasteiger partial charge in [0.05, 0.1) is 0 Å². The number of likely N-dealkylation sites (N-methyl/N-ethyl adjacent to an activating group) is 1. The van der Waals surface area contributed by atoms with Gasteiger partial charge in [0.15, 0.2) is 0 Å². The van der Waals surface area contributed by atoms with Crippen LogP contribution in [0.25, 0.3) is 0 Å². The summed E-state index contributed by atoms with van der Waals surface area (Å²) >= 11 is 0. The zero-order valence-corrected chi connectivity index (χ0v) is 16.1. The van der Waals surface area contributed by atoms with Crippen molar-refractivity contribution in [2.75, 3.05) is 27.2 Å². The number of hydrogen-bond donors (Lipinski definition) is 2. The van der Waals surface area contributed by atoms with Gasteiger partial charge in [0, 0.05) is 19.1 Å². The first-order chi connectivity index (χ1) is 12.0. The van der Waals surface area contributed by atoms with Gasteiger partial charge in [0.1, 0.15) is 5.75 Å². The molecule has 5 atom stereocenters. The fourth-order valence-electron chi connectivity index (χ4n) is 6.37. The summed E-state index contributed by atoms with van der Waals surface area (Å²) in [5, 5.41) is 13.7. The van der Waals surface area contributed by atoms with Crippen molar-refractivity contribution in [1.29, 1.82) is 0 Å². The van der Waals surface area contributed by atoms with E-state index in [1.165, 1.54) is 37.7 Å². The summed E-state index contributed by atoms with van der Waals surface area (Å²) in [5.41, 5.74) is 3.42. The van der Waals surface area contributed by atoms with Gasteiger partial charge in [-0.3, -0.25) is 0 Å². The molecule has 0 saturated heterocycles. The van der Waals surface area contributed by atoms with Crippen molar-refractivity contribution in [2.45, 2.75) is 57.4 Å². The van der Waals surface area contributed by atoms with Crippen molar-refractivity contribution in [3.63, 3.8) is 0 Å². The second kappa shape index (κ2) is 6.59. The quantitative estimate of drug-likeness (QED) is 0.874. The molecule has 0 bridgehead atoms. The number of phenols is 1. The van der Waals surface area contributed by atoms with Gasteiger partial charge in [0.25, 0.3) is 0 Å². The van der Waals surface area contributed by atoms with E-state index in [2.05, 4.69) is 37.3 Å². The summed E-state index contributed by atoms with van der Waals surface area (Å²) in [5.74, 6) is 2.87. The van der Waals surface area contributed by atoms with E-state index >= 15 is 0 Å². The number of fused-ring (bicyclic) bond motifs is 5. The molecule has 0 amide bonds. The predicted molar refractivity (Wildman–Crippen MR) is 103 cm³/mol. The van der Waals surface area contributed by atoms with Crippen LogP contribution in [0.15, 0.2) is 18.2 Å². The van der Waals surface area contributed by atoms with E-state index in [9.17, 15) is 5.11 Å². The Labute approximate surface area is 152 Å². The van der Waals surface area contributed by atoms with E-state index in [-0.39, 0.29) is 0 Å². The normalized spacial score (nSPS) is 36.8. The molecule has 0 heterocycles. The summed E-state index contributed by atoms with van der Waals surface area (Å²) in [6, 6.07) is 6.82. The van der Waals surface area contributed by atoms with Gasteiger partial charge in [-0.1, -0.05) is 13.0 Å². The molecule has 1 aromatic rings. The Morgan fingerprint density at radius 3 is 2.84 bits per heavy atom. The third kappa shape index (κ3) is 3.00. The molecule has 3 heteroatoms. The third-order valence-electron chi connectivity index (χ3n) is 7.66. The smallest absolute Gasteiger partial charge is 0.115 e. The Morgan fingerprint density at radius 2 is 2.04 bits per heavy atom.